The number of carbonyl (C=O) groups excluding carboxylic acids is 2. The fourth-order valence-corrected chi connectivity index (χ4v) is 4.50. The van der Waals surface area contributed by atoms with E-state index >= 15 is 0 Å². The van der Waals surface area contributed by atoms with Crippen LogP contribution in [0.25, 0.3) is 11.3 Å². The van der Waals surface area contributed by atoms with Crippen molar-refractivity contribution < 1.29 is 18.0 Å². The van der Waals surface area contributed by atoms with Gasteiger partial charge in [0, 0.05) is 41.9 Å². The number of hydrogen-bond donors (Lipinski definition) is 2. The van der Waals surface area contributed by atoms with E-state index in [0.29, 0.717) is 35.0 Å². The van der Waals surface area contributed by atoms with Gasteiger partial charge in [0.15, 0.2) is 5.13 Å². The summed E-state index contributed by atoms with van der Waals surface area (Å²) in [6.45, 7) is 0.416. The highest BCUT2D eigenvalue weighted by molar-refractivity contribution is 7.92. The summed E-state index contributed by atoms with van der Waals surface area (Å²) < 4.78 is 24.5. The molecule has 0 saturated heterocycles. The van der Waals surface area contributed by atoms with E-state index in [0.717, 1.165) is 11.8 Å². The predicted molar refractivity (Wildman–Crippen MR) is 125 cm³/mol. The first kappa shape index (κ1) is 22.9. The normalized spacial score (nSPS) is 11.2. The van der Waals surface area contributed by atoms with Crippen LogP contribution in [-0.4, -0.2) is 45.1 Å². The molecule has 0 atom stereocenters. The SMILES string of the molecule is CN(c1ccc(-c2csc(NC(=O)CCCNC(=O)c3ccsc3)n2)cc1)S(C)(=O)=O. The van der Waals surface area contributed by atoms with Crippen molar-refractivity contribution in [3.63, 3.8) is 0 Å². The summed E-state index contributed by atoms with van der Waals surface area (Å²) in [6, 6.07) is 8.74. The molecule has 0 aliphatic carbocycles. The summed E-state index contributed by atoms with van der Waals surface area (Å²) in [5.74, 6) is -0.309. The predicted octanol–water partition coefficient (Wildman–Crippen LogP) is 3.42. The van der Waals surface area contributed by atoms with Gasteiger partial charge < -0.3 is 10.6 Å². The number of aromatic nitrogens is 1. The van der Waals surface area contributed by atoms with Crippen molar-refractivity contribution in [3.05, 3.63) is 52.0 Å². The number of thiophene rings is 1. The number of nitrogens with one attached hydrogen (secondary N) is 2. The maximum atomic E-state index is 12.1. The van der Waals surface area contributed by atoms with E-state index in [-0.39, 0.29) is 18.2 Å². The Labute approximate surface area is 189 Å². The van der Waals surface area contributed by atoms with Gasteiger partial charge in [-0.25, -0.2) is 13.4 Å². The molecule has 0 aliphatic heterocycles. The van der Waals surface area contributed by atoms with Crippen molar-refractivity contribution in [1.29, 1.82) is 0 Å². The Kier molecular flexibility index (Phi) is 7.42. The van der Waals surface area contributed by atoms with Crippen LogP contribution in [0.4, 0.5) is 10.8 Å². The maximum absolute atomic E-state index is 12.1. The third kappa shape index (κ3) is 6.36. The summed E-state index contributed by atoms with van der Waals surface area (Å²) in [4.78, 5) is 28.4. The number of rotatable bonds is 9. The van der Waals surface area contributed by atoms with Gasteiger partial charge in [0.05, 0.1) is 17.6 Å². The van der Waals surface area contributed by atoms with E-state index < -0.39 is 10.0 Å². The van der Waals surface area contributed by atoms with Crippen molar-refractivity contribution in [3.8, 4) is 11.3 Å². The summed E-state index contributed by atoms with van der Waals surface area (Å²) in [5, 5.41) is 11.5. The van der Waals surface area contributed by atoms with Crippen LogP contribution in [0.1, 0.15) is 23.2 Å². The second kappa shape index (κ2) is 10.0. The third-order valence-corrected chi connectivity index (χ3v) is 7.07. The van der Waals surface area contributed by atoms with Crippen LogP contribution in [0.2, 0.25) is 0 Å². The molecule has 0 saturated carbocycles. The van der Waals surface area contributed by atoms with Gasteiger partial charge >= 0.3 is 0 Å². The van der Waals surface area contributed by atoms with E-state index in [2.05, 4.69) is 15.6 Å². The van der Waals surface area contributed by atoms with Gasteiger partial charge in [-0.1, -0.05) is 12.1 Å². The zero-order valence-electron chi connectivity index (χ0n) is 17.0. The Morgan fingerprint density at radius 3 is 2.52 bits per heavy atom. The van der Waals surface area contributed by atoms with Gasteiger partial charge in [-0.2, -0.15) is 11.3 Å². The molecule has 0 aliphatic rings. The highest BCUT2D eigenvalue weighted by Gasteiger charge is 2.13. The average Bonchev–Trinajstić information content (AvgIpc) is 3.42. The molecule has 1 aromatic carbocycles. The first-order chi connectivity index (χ1) is 14.7. The minimum absolute atomic E-state index is 0.139. The van der Waals surface area contributed by atoms with Crippen molar-refractivity contribution in [2.45, 2.75) is 12.8 Å². The van der Waals surface area contributed by atoms with Gasteiger partial charge in [-0.05, 0) is 30.0 Å². The topological polar surface area (TPSA) is 108 Å². The molecular weight excluding hydrogens is 456 g/mol. The molecule has 3 rings (SSSR count). The molecule has 2 N–H and O–H groups in total. The van der Waals surface area contributed by atoms with Crippen molar-refractivity contribution in [2.75, 3.05) is 29.5 Å². The van der Waals surface area contributed by atoms with Crippen LogP contribution < -0.4 is 14.9 Å². The molecule has 2 amide bonds. The second-order valence-corrected chi connectivity index (χ2v) is 10.4. The van der Waals surface area contributed by atoms with Gasteiger partial charge in [0.25, 0.3) is 5.91 Å². The molecule has 0 unspecified atom stereocenters. The number of anilines is 2. The van der Waals surface area contributed by atoms with E-state index in [1.54, 1.807) is 35.7 Å². The standard InChI is InChI=1S/C20H22N4O4S3/c1-24(31(2,27)28)16-7-5-14(6-8-16)17-13-30-20(22-17)23-18(25)4-3-10-21-19(26)15-9-11-29-12-15/h5-9,11-13H,3-4,10H2,1-2H3,(H,21,26)(H,22,23,25). The maximum Gasteiger partial charge on any atom is 0.252 e. The second-order valence-electron chi connectivity index (χ2n) is 6.73. The quantitative estimate of drug-likeness (QED) is 0.458. The zero-order chi connectivity index (χ0) is 22.4. The minimum Gasteiger partial charge on any atom is -0.352 e. The number of thiazole rings is 1. The Morgan fingerprint density at radius 1 is 1.13 bits per heavy atom. The monoisotopic (exact) mass is 478 g/mol. The Bertz CT molecular complexity index is 1140. The van der Waals surface area contributed by atoms with E-state index in [4.69, 9.17) is 0 Å². The van der Waals surface area contributed by atoms with Crippen molar-refractivity contribution in [2.24, 2.45) is 0 Å². The molecule has 0 fully saturated rings. The van der Waals surface area contributed by atoms with Gasteiger partial charge in [-0.15, -0.1) is 11.3 Å². The van der Waals surface area contributed by atoms with E-state index in [9.17, 15) is 18.0 Å². The number of amides is 2. The van der Waals surface area contributed by atoms with Gasteiger partial charge in [-0.3, -0.25) is 13.9 Å². The zero-order valence-corrected chi connectivity index (χ0v) is 19.4. The average molecular weight is 479 g/mol. The highest BCUT2D eigenvalue weighted by atomic mass is 32.2. The molecule has 11 heteroatoms. The summed E-state index contributed by atoms with van der Waals surface area (Å²) >= 11 is 2.77. The summed E-state index contributed by atoms with van der Waals surface area (Å²) in [5.41, 5.74) is 2.69. The fraction of sp³-hybridized carbons (Fsp3) is 0.250. The van der Waals surface area contributed by atoms with Gasteiger partial charge in [0.2, 0.25) is 15.9 Å². The molecule has 31 heavy (non-hydrogen) atoms. The Morgan fingerprint density at radius 2 is 1.87 bits per heavy atom. The van der Waals surface area contributed by atoms with E-state index in [1.165, 1.54) is 34.0 Å². The third-order valence-electron chi connectivity index (χ3n) is 4.42. The van der Waals surface area contributed by atoms with Crippen LogP contribution in [0.15, 0.2) is 46.5 Å². The lowest BCUT2D eigenvalue weighted by atomic mass is 10.1. The van der Waals surface area contributed by atoms with Crippen LogP contribution in [0.5, 0.6) is 0 Å². The first-order valence-electron chi connectivity index (χ1n) is 9.34. The number of benzene rings is 1. The molecule has 2 aromatic heterocycles. The number of nitrogens with zero attached hydrogens (tertiary/aromatic N) is 2. The summed E-state index contributed by atoms with van der Waals surface area (Å²) in [6.07, 6.45) is 1.94. The molecule has 0 spiro atoms. The highest BCUT2D eigenvalue weighted by Crippen LogP contribution is 2.27. The molecule has 8 nitrogen and oxygen atoms in total. The molecule has 3 aromatic rings. The molecular formula is C20H22N4O4S3. The van der Waals surface area contributed by atoms with Crippen molar-refractivity contribution in [1.82, 2.24) is 10.3 Å². The summed E-state index contributed by atoms with van der Waals surface area (Å²) in [7, 11) is -1.82. The number of hydrogen-bond acceptors (Lipinski definition) is 7. The van der Waals surface area contributed by atoms with Crippen LogP contribution in [-0.2, 0) is 14.8 Å². The number of carbonyl (C=O) groups is 2. The van der Waals surface area contributed by atoms with Crippen LogP contribution in [0.3, 0.4) is 0 Å². The minimum atomic E-state index is -3.32. The van der Waals surface area contributed by atoms with Crippen LogP contribution in [0, 0.1) is 0 Å². The van der Waals surface area contributed by atoms with Gasteiger partial charge in [0.1, 0.15) is 0 Å². The molecule has 2 heterocycles. The molecule has 0 bridgehead atoms. The molecule has 164 valence electrons. The largest absolute Gasteiger partial charge is 0.352 e. The lowest BCUT2D eigenvalue weighted by Gasteiger charge is -2.16. The van der Waals surface area contributed by atoms with Crippen LogP contribution >= 0.6 is 22.7 Å². The Hall–Kier alpha value is -2.76. The Balaban J connectivity index is 1.48. The smallest absolute Gasteiger partial charge is 0.252 e. The lowest BCUT2D eigenvalue weighted by Crippen LogP contribution is -2.25. The molecule has 0 radical (unpaired) electrons. The number of sulfonamides is 1. The fourth-order valence-electron chi connectivity index (χ4n) is 2.63. The van der Waals surface area contributed by atoms with E-state index in [1.807, 2.05) is 10.8 Å². The van der Waals surface area contributed by atoms with Crippen molar-refractivity contribution >= 4 is 55.3 Å². The lowest BCUT2D eigenvalue weighted by molar-refractivity contribution is -0.116. The first-order valence-corrected chi connectivity index (χ1v) is 13.0.